The molecule has 2 aromatic heterocycles. The van der Waals surface area contributed by atoms with Gasteiger partial charge >= 0.3 is 5.97 Å². The summed E-state index contributed by atoms with van der Waals surface area (Å²) in [5, 5.41) is 16.1. The highest BCUT2D eigenvalue weighted by atomic mass is 16.4. The van der Waals surface area contributed by atoms with Gasteiger partial charge in [0.25, 0.3) is 5.56 Å². The average molecular weight is 191 g/mol. The van der Waals surface area contributed by atoms with Crippen LogP contribution in [-0.2, 0) is 0 Å². The van der Waals surface area contributed by atoms with Crippen molar-refractivity contribution < 1.29 is 9.90 Å². The van der Waals surface area contributed by atoms with E-state index < -0.39 is 5.97 Å². The Morgan fingerprint density at radius 3 is 3.00 bits per heavy atom. The Labute approximate surface area is 77.2 Å². The monoisotopic (exact) mass is 191 g/mol. The lowest BCUT2D eigenvalue weighted by Gasteiger charge is -1.97. The summed E-state index contributed by atoms with van der Waals surface area (Å²) in [5.41, 5.74) is -0.337. The molecule has 2 heterocycles. The van der Waals surface area contributed by atoms with Crippen LogP contribution in [0.5, 0.6) is 0 Å². The molecule has 0 unspecified atom stereocenters. The van der Waals surface area contributed by atoms with Gasteiger partial charge in [0, 0.05) is 6.20 Å². The van der Waals surface area contributed by atoms with Gasteiger partial charge in [0.05, 0.1) is 11.6 Å². The number of hydrogen-bond acceptors (Lipinski definition) is 4. The number of fused-ring (bicyclic) bond motifs is 1. The van der Waals surface area contributed by atoms with Crippen molar-refractivity contribution in [1.29, 1.82) is 0 Å². The zero-order valence-corrected chi connectivity index (χ0v) is 6.89. The van der Waals surface area contributed by atoms with Crippen molar-refractivity contribution in [3.05, 3.63) is 34.4 Å². The molecule has 0 aliphatic carbocycles. The molecule has 2 N–H and O–H groups in total. The van der Waals surface area contributed by atoms with Gasteiger partial charge in [-0.05, 0) is 6.07 Å². The first-order valence-corrected chi connectivity index (χ1v) is 3.76. The normalized spacial score (nSPS) is 10.3. The number of carbonyl (C=O) groups is 1. The topological polar surface area (TPSA) is 95.9 Å². The van der Waals surface area contributed by atoms with Gasteiger partial charge in [-0.1, -0.05) is 0 Å². The van der Waals surface area contributed by atoms with E-state index in [0.717, 1.165) is 6.20 Å². The lowest BCUT2D eigenvalue weighted by Crippen LogP contribution is -2.11. The summed E-state index contributed by atoms with van der Waals surface area (Å²) in [6, 6.07) is 1.42. The van der Waals surface area contributed by atoms with Gasteiger partial charge in [-0.3, -0.25) is 4.79 Å². The largest absolute Gasteiger partial charge is 0.478 e. The molecule has 0 aromatic carbocycles. The fourth-order valence-electron chi connectivity index (χ4n) is 1.16. The van der Waals surface area contributed by atoms with Gasteiger partial charge in [-0.15, -0.1) is 5.10 Å². The van der Waals surface area contributed by atoms with E-state index in [1.165, 1.54) is 12.3 Å². The minimum Gasteiger partial charge on any atom is -0.478 e. The highest BCUT2D eigenvalue weighted by Gasteiger charge is 2.11. The molecule has 0 spiro atoms. The van der Waals surface area contributed by atoms with Crippen molar-refractivity contribution in [2.45, 2.75) is 0 Å². The van der Waals surface area contributed by atoms with Crippen molar-refractivity contribution in [2.24, 2.45) is 0 Å². The third-order valence-corrected chi connectivity index (χ3v) is 1.80. The SMILES string of the molecule is O=C(O)c1c[nH]c(=O)c2ccnnc12. The van der Waals surface area contributed by atoms with Gasteiger partial charge in [0.1, 0.15) is 11.1 Å². The van der Waals surface area contributed by atoms with Gasteiger partial charge in [-0.2, -0.15) is 5.10 Å². The van der Waals surface area contributed by atoms with Gasteiger partial charge in [0.2, 0.25) is 0 Å². The van der Waals surface area contributed by atoms with Gasteiger partial charge in [-0.25, -0.2) is 4.79 Å². The summed E-state index contributed by atoms with van der Waals surface area (Å²) >= 11 is 0. The molecule has 2 rings (SSSR count). The van der Waals surface area contributed by atoms with Crippen molar-refractivity contribution in [2.75, 3.05) is 0 Å². The predicted octanol–water partition coefficient (Wildman–Crippen LogP) is 0.0163. The van der Waals surface area contributed by atoms with Crippen LogP contribution in [0.4, 0.5) is 0 Å². The summed E-state index contributed by atoms with van der Waals surface area (Å²) in [6.07, 6.45) is 2.45. The molecule has 2 aromatic rings. The first kappa shape index (κ1) is 8.36. The summed E-state index contributed by atoms with van der Waals surface area (Å²) in [6.45, 7) is 0. The lowest BCUT2D eigenvalue weighted by atomic mass is 10.2. The zero-order chi connectivity index (χ0) is 10.1. The summed E-state index contributed by atoms with van der Waals surface area (Å²) < 4.78 is 0. The maximum Gasteiger partial charge on any atom is 0.339 e. The molecule has 0 saturated carbocycles. The Morgan fingerprint density at radius 1 is 1.50 bits per heavy atom. The first-order valence-electron chi connectivity index (χ1n) is 3.76. The molecule has 6 heteroatoms. The smallest absolute Gasteiger partial charge is 0.339 e. The van der Waals surface area contributed by atoms with Crippen LogP contribution in [0.1, 0.15) is 10.4 Å². The van der Waals surface area contributed by atoms with Gasteiger partial charge in [0.15, 0.2) is 0 Å². The molecule has 70 valence electrons. The number of nitrogens with zero attached hydrogens (tertiary/aromatic N) is 2. The van der Waals surface area contributed by atoms with E-state index in [1.807, 2.05) is 0 Å². The fourth-order valence-corrected chi connectivity index (χ4v) is 1.16. The number of rotatable bonds is 1. The molecule has 6 nitrogen and oxygen atoms in total. The van der Waals surface area contributed by atoms with Crippen LogP contribution in [0.25, 0.3) is 10.9 Å². The number of carboxylic acid groups (broad SMARTS) is 1. The van der Waals surface area contributed by atoms with Crippen molar-refractivity contribution in [3.63, 3.8) is 0 Å². The fraction of sp³-hybridized carbons (Fsp3) is 0. The average Bonchev–Trinajstić information content (AvgIpc) is 2.18. The number of H-pyrrole nitrogens is 1. The molecule has 0 fully saturated rings. The highest BCUT2D eigenvalue weighted by Crippen LogP contribution is 2.09. The standard InChI is InChI=1S/C8H5N3O3/c12-7-4-1-2-10-11-6(4)5(3-9-7)8(13)14/h1-3H,(H,9,12)(H,13,14). The van der Waals surface area contributed by atoms with Gasteiger partial charge < -0.3 is 10.1 Å². The van der Waals surface area contributed by atoms with Crippen LogP contribution in [0.3, 0.4) is 0 Å². The van der Waals surface area contributed by atoms with Crippen molar-refractivity contribution in [1.82, 2.24) is 15.2 Å². The minimum atomic E-state index is -1.15. The molecule has 0 aliphatic rings. The van der Waals surface area contributed by atoms with Crippen LogP contribution in [0.2, 0.25) is 0 Å². The van der Waals surface area contributed by atoms with Crippen LogP contribution in [-0.4, -0.2) is 26.3 Å². The van der Waals surface area contributed by atoms with Crippen LogP contribution < -0.4 is 5.56 Å². The Balaban J connectivity index is 2.96. The molecular weight excluding hydrogens is 186 g/mol. The Hall–Kier alpha value is -2.24. The third-order valence-electron chi connectivity index (χ3n) is 1.80. The van der Waals surface area contributed by atoms with E-state index >= 15 is 0 Å². The Morgan fingerprint density at radius 2 is 2.29 bits per heavy atom. The zero-order valence-electron chi connectivity index (χ0n) is 6.89. The first-order chi connectivity index (χ1) is 6.70. The molecule has 0 aliphatic heterocycles. The van der Waals surface area contributed by atoms with E-state index in [2.05, 4.69) is 15.2 Å². The number of pyridine rings is 1. The minimum absolute atomic E-state index is 0.0623. The number of aromatic nitrogens is 3. The second kappa shape index (κ2) is 2.91. The van der Waals surface area contributed by atoms with E-state index in [4.69, 9.17) is 5.11 Å². The number of nitrogens with one attached hydrogen (secondary N) is 1. The summed E-state index contributed by atoms with van der Waals surface area (Å²) in [4.78, 5) is 24.3. The number of carboxylic acids is 1. The summed E-state index contributed by atoms with van der Waals surface area (Å²) in [5.74, 6) is -1.15. The predicted molar refractivity (Wildman–Crippen MR) is 47.1 cm³/mol. The number of aromatic amines is 1. The van der Waals surface area contributed by atoms with Crippen molar-refractivity contribution in [3.8, 4) is 0 Å². The molecule has 0 radical (unpaired) electrons. The quantitative estimate of drug-likeness (QED) is 0.662. The van der Waals surface area contributed by atoms with Crippen LogP contribution >= 0.6 is 0 Å². The third kappa shape index (κ3) is 1.13. The molecule has 0 amide bonds. The maximum atomic E-state index is 11.2. The van der Waals surface area contributed by atoms with Crippen molar-refractivity contribution >= 4 is 16.9 Å². The second-order valence-corrected chi connectivity index (χ2v) is 2.63. The number of aromatic carboxylic acids is 1. The Bertz CT molecular complexity index is 561. The molecule has 0 bridgehead atoms. The lowest BCUT2D eigenvalue weighted by molar-refractivity contribution is 0.0698. The van der Waals surface area contributed by atoms with E-state index in [9.17, 15) is 9.59 Å². The Kier molecular flexibility index (Phi) is 1.74. The van der Waals surface area contributed by atoms with E-state index in [-0.39, 0.29) is 22.0 Å². The molecule has 14 heavy (non-hydrogen) atoms. The van der Waals surface area contributed by atoms with E-state index in [0.29, 0.717) is 0 Å². The van der Waals surface area contributed by atoms with E-state index in [1.54, 1.807) is 0 Å². The van der Waals surface area contributed by atoms with Crippen LogP contribution in [0, 0.1) is 0 Å². The summed E-state index contributed by atoms with van der Waals surface area (Å²) in [7, 11) is 0. The second-order valence-electron chi connectivity index (χ2n) is 2.63. The highest BCUT2D eigenvalue weighted by molar-refractivity contribution is 6.00. The van der Waals surface area contributed by atoms with Crippen LogP contribution in [0.15, 0.2) is 23.3 Å². The maximum absolute atomic E-state index is 11.2. The molecular formula is C8H5N3O3. The number of hydrogen-bond donors (Lipinski definition) is 2. The molecule has 0 saturated heterocycles. The molecule has 0 atom stereocenters.